The molecule has 1 aliphatic rings. The SMILES string of the molecule is CC(C)CCS(=O)(=O)N1CCC(CN)C1.Cl. The lowest BCUT2D eigenvalue weighted by atomic mass is 10.1. The van der Waals surface area contributed by atoms with Gasteiger partial charge in [0.25, 0.3) is 0 Å². The highest BCUT2D eigenvalue weighted by molar-refractivity contribution is 7.89. The lowest BCUT2D eigenvalue weighted by Gasteiger charge is -2.16. The summed E-state index contributed by atoms with van der Waals surface area (Å²) in [5, 5.41) is 0. The Morgan fingerprint density at radius 1 is 1.44 bits per heavy atom. The van der Waals surface area contributed by atoms with Gasteiger partial charge in [0.2, 0.25) is 10.0 Å². The summed E-state index contributed by atoms with van der Waals surface area (Å²) in [6.45, 7) is 5.96. The highest BCUT2D eigenvalue weighted by Gasteiger charge is 2.30. The highest BCUT2D eigenvalue weighted by atomic mass is 35.5. The van der Waals surface area contributed by atoms with Crippen molar-refractivity contribution in [2.24, 2.45) is 17.6 Å². The normalized spacial score (nSPS) is 22.4. The third-order valence-electron chi connectivity index (χ3n) is 2.93. The molecule has 0 aromatic carbocycles. The molecule has 4 nitrogen and oxygen atoms in total. The van der Waals surface area contributed by atoms with Crippen LogP contribution in [0.25, 0.3) is 0 Å². The maximum Gasteiger partial charge on any atom is 0.214 e. The molecular formula is C10H23ClN2O2S. The van der Waals surface area contributed by atoms with Crippen molar-refractivity contribution >= 4 is 22.4 Å². The zero-order valence-corrected chi connectivity index (χ0v) is 11.7. The monoisotopic (exact) mass is 270 g/mol. The number of halogens is 1. The van der Waals surface area contributed by atoms with Crippen molar-refractivity contribution in [1.29, 1.82) is 0 Å². The molecule has 0 amide bonds. The minimum atomic E-state index is -3.02. The molecule has 0 aromatic heterocycles. The zero-order valence-electron chi connectivity index (χ0n) is 10.1. The van der Waals surface area contributed by atoms with Gasteiger partial charge in [-0.1, -0.05) is 13.8 Å². The number of sulfonamides is 1. The van der Waals surface area contributed by atoms with E-state index in [4.69, 9.17) is 5.73 Å². The predicted molar refractivity (Wildman–Crippen MR) is 69.2 cm³/mol. The van der Waals surface area contributed by atoms with Crippen molar-refractivity contribution < 1.29 is 8.42 Å². The molecule has 0 spiro atoms. The minimum absolute atomic E-state index is 0. The van der Waals surface area contributed by atoms with Crippen molar-refractivity contribution in [3.8, 4) is 0 Å². The third-order valence-corrected chi connectivity index (χ3v) is 4.80. The minimum Gasteiger partial charge on any atom is -0.330 e. The van der Waals surface area contributed by atoms with E-state index in [2.05, 4.69) is 0 Å². The smallest absolute Gasteiger partial charge is 0.214 e. The topological polar surface area (TPSA) is 63.4 Å². The Bertz CT molecular complexity index is 293. The van der Waals surface area contributed by atoms with Crippen LogP contribution in [0.3, 0.4) is 0 Å². The summed E-state index contributed by atoms with van der Waals surface area (Å²) in [7, 11) is -3.02. The van der Waals surface area contributed by atoms with Crippen LogP contribution in [-0.2, 0) is 10.0 Å². The summed E-state index contributed by atoms with van der Waals surface area (Å²) in [6, 6.07) is 0. The van der Waals surface area contributed by atoms with Crippen LogP contribution in [0.1, 0.15) is 26.7 Å². The van der Waals surface area contributed by atoms with Gasteiger partial charge in [-0.05, 0) is 31.2 Å². The molecule has 16 heavy (non-hydrogen) atoms. The standard InChI is InChI=1S/C10H22N2O2S.ClH/c1-9(2)4-6-15(13,14)12-5-3-10(7-11)8-12;/h9-10H,3-8,11H2,1-2H3;1H. The van der Waals surface area contributed by atoms with E-state index < -0.39 is 10.0 Å². The van der Waals surface area contributed by atoms with Crippen LogP contribution < -0.4 is 5.73 Å². The quantitative estimate of drug-likeness (QED) is 0.813. The van der Waals surface area contributed by atoms with E-state index in [1.54, 1.807) is 4.31 Å². The molecule has 1 aliphatic heterocycles. The average Bonchev–Trinajstić information content (AvgIpc) is 2.63. The van der Waals surface area contributed by atoms with E-state index in [0.717, 1.165) is 12.8 Å². The van der Waals surface area contributed by atoms with Crippen LogP contribution in [0.15, 0.2) is 0 Å². The molecular weight excluding hydrogens is 248 g/mol. The molecule has 1 rings (SSSR count). The Morgan fingerprint density at radius 3 is 2.50 bits per heavy atom. The summed E-state index contributed by atoms with van der Waals surface area (Å²) in [4.78, 5) is 0. The number of rotatable bonds is 5. The van der Waals surface area contributed by atoms with E-state index in [-0.39, 0.29) is 18.2 Å². The van der Waals surface area contributed by atoms with Crippen LogP contribution in [0.5, 0.6) is 0 Å². The first-order chi connectivity index (χ1) is 6.95. The molecule has 1 heterocycles. The molecule has 1 unspecified atom stereocenters. The van der Waals surface area contributed by atoms with E-state index in [9.17, 15) is 8.42 Å². The fourth-order valence-electron chi connectivity index (χ4n) is 1.76. The molecule has 1 atom stereocenters. The van der Waals surface area contributed by atoms with E-state index in [1.807, 2.05) is 13.8 Å². The summed E-state index contributed by atoms with van der Waals surface area (Å²) < 4.78 is 25.4. The Labute approximate surface area is 105 Å². The van der Waals surface area contributed by atoms with E-state index in [1.165, 1.54) is 0 Å². The fraction of sp³-hybridized carbons (Fsp3) is 1.00. The Hall–Kier alpha value is 0.160. The van der Waals surface area contributed by atoms with Gasteiger partial charge in [-0.15, -0.1) is 12.4 Å². The largest absolute Gasteiger partial charge is 0.330 e. The lowest BCUT2D eigenvalue weighted by Crippen LogP contribution is -2.32. The van der Waals surface area contributed by atoms with Crippen molar-refractivity contribution in [1.82, 2.24) is 4.31 Å². The van der Waals surface area contributed by atoms with Gasteiger partial charge in [-0.25, -0.2) is 12.7 Å². The van der Waals surface area contributed by atoms with Gasteiger partial charge in [0, 0.05) is 13.1 Å². The van der Waals surface area contributed by atoms with E-state index >= 15 is 0 Å². The van der Waals surface area contributed by atoms with Crippen LogP contribution >= 0.6 is 12.4 Å². The summed E-state index contributed by atoms with van der Waals surface area (Å²) in [5.74, 6) is 1.08. The fourth-order valence-corrected chi connectivity index (χ4v) is 3.60. The van der Waals surface area contributed by atoms with E-state index in [0.29, 0.717) is 31.5 Å². The van der Waals surface area contributed by atoms with Gasteiger partial charge in [-0.2, -0.15) is 0 Å². The number of hydrogen-bond acceptors (Lipinski definition) is 3. The molecule has 0 radical (unpaired) electrons. The molecule has 0 aliphatic carbocycles. The van der Waals surface area contributed by atoms with Crippen LogP contribution in [0, 0.1) is 11.8 Å². The van der Waals surface area contributed by atoms with Gasteiger partial charge >= 0.3 is 0 Å². The second kappa shape index (κ2) is 6.79. The molecule has 0 aromatic rings. The van der Waals surface area contributed by atoms with Crippen molar-refractivity contribution in [2.75, 3.05) is 25.4 Å². The first-order valence-electron chi connectivity index (χ1n) is 5.63. The second-order valence-electron chi connectivity index (χ2n) is 4.75. The molecule has 0 bridgehead atoms. The Kier molecular flexibility index (Phi) is 6.86. The number of nitrogens with two attached hydrogens (primary N) is 1. The Balaban J connectivity index is 0.00000225. The van der Waals surface area contributed by atoms with Gasteiger partial charge in [0.15, 0.2) is 0 Å². The van der Waals surface area contributed by atoms with Crippen LogP contribution in [0.4, 0.5) is 0 Å². The first-order valence-corrected chi connectivity index (χ1v) is 7.24. The highest BCUT2D eigenvalue weighted by Crippen LogP contribution is 2.19. The second-order valence-corrected chi connectivity index (χ2v) is 6.84. The van der Waals surface area contributed by atoms with Crippen molar-refractivity contribution in [3.63, 3.8) is 0 Å². The van der Waals surface area contributed by atoms with Gasteiger partial charge in [0.05, 0.1) is 5.75 Å². The summed E-state index contributed by atoms with van der Waals surface area (Å²) in [5.41, 5.74) is 5.54. The average molecular weight is 271 g/mol. The van der Waals surface area contributed by atoms with Crippen molar-refractivity contribution in [2.45, 2.75) is 26.7 Å². The first kappa shape index (κ1) is 16.2. The van der Waals surface area contributed by atoms with Gasteiger partial charge in [-0.3, -0.25) is 0 Å². The van der Waals surface area contributed by atoms with Crippen LogP contribution in [0.2, 0.25) is 0 Å². The summed E-state index contributed by atoms with van der Waals surface area (Å²) >= 11 is 0. The predicted octanol–water partition coefficient (Wildman–Crippen LogP) is 1.06. The summed E-state index contributed by atoms with van der Waals surface area (Å²) in [6.07, 6.45) is 1.66. The molecule has 6 heteroatoms. The maximum absolute atomic E-state index is 11.9. The molecule has 1 fully saturated rings. The molecule has 2 N–H and O–H groups in total. The maximum atomic E-state index is 11.9. The number of nitrogens with zero attached hydrogens (tertiary/aromatic N) is 1. The lowest BCUT2D eigenvalue weighted by molar-refractivity contribution is 0.454. The van der Waals surface area contributed by atoms with Gasteiger partial charge in [0.1, 0.15) is 0 Å². The Morgan fingerprint density at radius 2 is 2.06 bits per heavy atom. The third kappa shape index (κ3) is 4.57. The zero-order chi connectivity index (χ0) is 11.5. The molecule has 0 saturated carbocycles. The van der Waals surface area contributed by atoms with Crippen LogP contribution in [-0.4, -0.2) is 38.1 Å². The number of hydrogen-bond donors (Lipinski definition) is 1. The molecule has 1 saturated heterocycles. The van der Waals surface area contributed by atoms with Crippen molar-refractivity contribution in [3.05, 3.63) is 0 Å². The van der Waals surface area contributed by atoms with Gasteiger partial charge < -0.3 is 5.73 Å². The molecule has 98 valence electrons.